The van der Waals surface area contributed by atoms with Gasteiger partial charge in [-0.05, 0) is 30.7 Å². The number of rotatable bonds is 2. The van der Waals surface area contributed by atoms with Gasteiger partial charge in [0.05, 0.1) is 13.1 Å². The van der Waals surface area contributed by atoms with Crippen molar-refractivity contribution in [1.82, 2.24) is 0 Å². The Kier molecular flexibility index (Phi) is 4.20. The number of likely N-dealkylation sites (N-methyl/N-ethyl adjacent to an activating group) is 1. The second-order valence-corrected chi connectivity index (χ2v) is 9.43. The van der Waals surface area contributed by atoms with Gasteiger partial charge in [-0.25, -0.2) is 4.79 Å². The van der Waals surface area contributed by atoms with Gasteiger partial charge < -0.3 is 9.84 Å². The topological polar surface area (TPSA) is 46.5 Å². The van der Waals surface area contributed by atoms with Crippen LogP contribution < -0.4 is 0 Å². The maximum atomic E-state index is 11.2. The minimum Gasteiger partial charge on any atom is -0.450 e. The number of piperidine rings is 1. The van der Waals surface area contributed by atoms with E-state index in [4.69, 9.17) is 21.4 Å². The van der Waals surface area contributed by atoms with E-state index in [1.807, 2.05) is 17.8 Å². The van der Waals surface area contributed by atoms with E-state index < -0.39 is 6.16 Å². The zero-order chi connectivity index (χ0) is 19.5. The minimum atomic E-state index is -1.17. The summed E-state index contributed by atoms with van der Waals surface area (Å²) >= 11 is 8.35. The van der Waals surface area contributed by atoms with Crippen molar-refractivity contribution in [2.45, 2.75) is 48.1 Å². The number of nitrogens with zero attached hydrogens (tertiary/aromatic N) is 1. The monoisotopic (exact) mass is 416 g/mol. The van der Waals surface area contributed by atoms with Gasteiger partial charge in [0.2, 0.25) is 5.54 Å². The van der Waals surface area contributed by atoms with Crippen LogP contribution in [-0.2, 0) is 16.0 Å². The molecule has 146 valence electrons. The van der Waals surface area contributed by atoms with E-state index in [1.54, 1.807) is 0 Å². The molecule has 0 radical (unpaired) electrons. The highest BCUT2D eigenvalue weighted by Gasteiger charge is 2.82. The van der Waals surface area contributed by atoms with Crippen molar-refractivity contribution in [3.05, 3.63) is 64.2 Å². The standard InChI is InChI=1S/C22H22ClNO3S/c1-2-24-10-9-16(27-21(25)26)12-20(24)22(24)17-6-4-3-5-14(17)13-28-19-8-7-15(23)11-18(19)22/h3-8,11,16,20H,2,9-10,12-13H2,1H3/p+1/t16?,20?,22-,24?/m1/s1. The van der Waals surface area contributed by atoms with Crippen LogP contribution in [-0.4, -0.2) is 41.0 Å². The molecule has 1 N–H and O–H groups in total. The lowest BCUT2D eigenvalue weighted by atomic mass is 9.83. The van der Waals surface area contributed by atoms with Crippen molar-refractivity contribution < 1.29 is 19.1 Å². The molecule has 0 bridgehead atoms. The first-order valence-electron chi connectivity index (χ1n) is 9.80. The van der Waals surface area contributed by atoms with Gasteiger partial charge in [-0.2, -0.15) is 0 Å². The molecule has 0 aliphatic carbocycles. The second-order valence-electron chi connectivity index (χ2n) is 7.97. The van der Waals surface area contributed by atoms with E-state index in [2.05, 4.69) is 43.3 Å². The first kappa shape index (κ1) is 18.3. The Morgan fingerprint density at radius 3 is 2.93 bits per heavy atom. The predicted molar refractivity (Wildman–Crippen MR) is 110 cm³/mol. The van der Waals surface area contributed by atoms with Crippen LogP contribution in [0.1, 0.15) is 36.5 Å². The van der Waals surface area contributed by atoms with Crippen molar-refractivity contribution in [2.75, 3.05) is 13.1 Å². The van der Waals surface area contributed by atoms with Gasteiger partial charge in [0, 0.05) is 39.6 Å². The zero-order valence-electron chi connectivity index (χ0n) is 15.7. The Morgan fingerprint density at radius 2 is 2.14 bits per heavy atom. The van der Waals surface area contributed by atoms with Crippen LogP contribution in [0.5, 0.6) is 0 Å². The molecular weight excluding hydrogens is 394 g/mol. The average Bonchev–Trinajstić information content (AvgIpc) is 3.33. The number of carboxylic acid groups (broad SMARTS) is 1. The Labute approximate surface area is 174 Å². The van der Waals surface area contributed by atoms with Gasteiger partial charge in [0.25, 0.3) is 0 Å². The Bertz CT molecular complexity index is 967. The van der Waals surface area contributed by atoms with Crippen LogP contribution in [0.15, 0.2) is 47.4 Å². The lowest BCUT2D eigenvalue weighted by Crippen LogP contribution is -2.41. The molecule has 28 heavy (non-hydrogen) atoms. The normalized spacial score (nSPS) is 32.6. The summed E-state index contributed by atoms with van der Waals surface area (Å²) in [7, 11) is 0. The summed E-state index contributed by atoms with van der Waals surface area (Å²) in [6, 6.07) is 15.3. The molecule has 3 heterocycles. The molecule has 3 unspecified atom stereocenters. The highest BCUT2D eigenvalue weighted by atomic mass is 35.5. The molecule has 4 atom stereocenters. The fourth-order valence-corrected chi connectivity index (χ4v) is 7.28. The first-order valence-corrected chi connectivity index (χ1v) is 11.2. The summed E-state index contributed by atoms with van der Waals surface area (Å²) in [5.41, 5.74) is 3.89. The summed E-state index contributed by atoms with van der Waals surface area (Å²) in [4.78, 5) is 12.4. The molecule has 0 saturated carbocycles. The SMILES string of the molecule is CC[N+]12CCC(OC(=O)O)CC1[C@]21c2ccccc2CSc2ccc(Cl)cc21. The summed E-state index contributed by atoms with van der Waals surface area (Å²) in [6.07, 6.45) is 0.121. The van der Waals surface area contributed by atoms with Crippen LogP contribution in [0, 0.1) is 0 Å². The quantitative estimate of drug-likeness (QED) is 0.411. The molecule has 2 fully saturated rings. The van der Waals surface area contributed by atoms with Crippen molar-refractivity contribution in [3.8, 4) is 0 Å². The zero-order valence-corrected chi connectivity index (χ0v) is 17.3. The molecule has 3 aliphatic heterocycles. The lowest BCUT2D eigenvalue weighted by Gasteiger charge is -2.30. The Morgan fingerprint density at radius 1 is 1.32 bits per heavy atom. The molecule has 0 aromatic heterocycles. The maximum Gasteiger partial charge on any atom is 0.506 e. The molecule has 2 aromatic carbocycles. The van der Waals surface area contributed by atoms with Gasteiger partial charge in [-0.1, -0.05) is 35.9 Å². The van der Waals surface area contributed by atoms with Gasteiger partial charge in [-0.15, -0.1) is 11.8 Å². The lowest BCUT2D eigenvalue weighted by molar-refractivity contribution is -0.845. The van der Waals surface area contributed by atoms with Gasteiger partial charge in [0.1, 0.15) is 6.10 Å². The van der Waals surface area contributed by atoms with E-state index in [0.29, 0.717) is 6.04 Å². The van der Waals surface area contributed by atoms with E-state index in [0.717, 1.165) is 41.2 Å². The number of ether oxygens (including phenoxy) is 1. The summed E-state index contributed by atoms with van der Waals surface area (Å²) < 4.78 is 6.19. The van der Waals surface area contributed by atoms with Gasteiger partial charge in [0.15, 0.2) is 6.04 Å². The molecule has 1 spiro atoms. The van der Waals surface area contributed by atoms with Crippen molar-refractivity contribution in [3.63, 3.8) is 0 Å². The summed E-state index contributed by atoms with van der Waals surface area (Å²) in [5.74, 6) is 0.943. The number of quaternary nitrogens is 1. The summed E-state index contributed by atoms with van der Waals surface area (Å²) in [6.45, 7) is 4.18. The number of halogens is 1. The van der Waals surface area contributed by atoms with Crippen LogP contribution in [0.4, 0.5) is 4.79 Å². The molecule has 2 saturated heterocycles. The largest absolute Gasteiger partial charge is 0.506 e. The average molecular weight is 417 g/mol. The predicted octanol–water partition coefficient (Wildman–Crippen LogP) is 5.27. The number of hydrogen-bond acceptors (Lipinski definition) is 3. The number of carbonyl (C=O) groups is 1. The van der Waals surface area contributed by atoms with Crippen LogP contribution in [0.25, 0.3) is 0 Å². The number of thioether (sulfide) groups is 1. The fourth-order valence-electron chi connectivity index (χ4n) is 6.01. The Balaban J connectivity index is 1.72. The highest BCUT2D eigenvalue weighted by Crippen LogP contribution is 2.68. The number of benzene rings is 2. The molecule has 6 heteroatoms. The third kappa shape index (κ3) is 2.33. The number of hydrogen-bond donors (Lipinski definition) is 1. The highest BCUT2D eigenvalue weighted by molar-refractivity contribution is 7.98. The van der Waals surface area contributed by atoms with E-state index in [9.17, 15) is 4.79 Å². The fraction of sp³-hybridized carbons (Fsp3) is 0.409. The third-order valence-corrected chi connectivity index (χ3v) is 8.40. The smallest absolute Gasteiger partial charge is 0.450 e. The van der Waals surface area contributed by atoms with E-state index >= 15 is 0 Å². The maximum absolute atomic E-state index is 11.2. The molecular formula is C22H23ClNO3S+. The van der Waals surface area contributed by atoms with Crippen molar-refractivity contribution in [2.24, 2.45) is 0 Å². The van der Waals surface area contributed by atoms with Gasteiger partial charge >= 0.3 is 6.16 Å². The van der Waals surface area contributed by atoms with Gasteiger partial charge in [-0.3, -0.25) is 4.48 Å². The number of fused-ring (bicyclic) bond motifs is 7. The van der Waals surface area contributed by atoms with Crippen molar-refractivity contribution in [1.29, 1.82) is 0 Å². The van der Waals surface area contributed by atoms with Crippen molar-refractivity contribution >= 4 is 29.5 Å². The second kappa shape index (κ2) is 6.41. The minimum absolute atomic E-state index is 0.161. The summed E-state index contributed by atoms with van der Waals surface area (Å²) in [5, 5.41) is 9.90. The van der Waals surface area contributed by atoms with Crippen LogP contribution >= 0.6 is 23.4 Å². The molecule has 3 aliphatic rings. The third-order valence-electron chi connectivity index (χ3n) is 7.04. The molecule has 4 nitrogen and oxygen atoms in total. The van der Waals surface area contributed by atoms with E-state index in [1.165, 1.54) is 21.6 Å². The molecule has 5 rings (SSSR count). The Hall–Kier alpha value is -1.69. The molecule has 0 amide bonds. The van der Waals surface area contributed by atoms with Crippen LogP contribution in [0.2, 0.25) is 5.02 Å². The molecule has 2 aromatic rings. The van der Waals surface area contributed by atoms with Crippen LogP contribution in [0.3, 0.4) is 0 Å². The van der Waals surface area contributed by atoms with E-state index in [-0.39, 0.29) is 11.6 Å². The first-order chi connectivity index (χ1) is 13.5.